The molecule has 0 saturated heterocycles. The molecule has 6 heteroatoms. The Hall–Kier alpha value is -1.24. The summed E-state index contributed by atoms with van der Waals surface area (Å²) in [5.74, 6) is 0.466. The van der Waals surface area contributed by atoms with Crippen LogP contribution >= 0.6 is 11.3 Å². The molecule has 80 valence electrons. The van der Waals surface area contributed by atoms with Crippen LogP contribution in [0.2, 0.25) is 0 Å². The van der Waals surface area contributed by atoms with Crippen LogP contribution in [-0.2, 0) is 0 Å². The molecule has 0 fully saturated rings. The first-order valence-corrected chi connectivity index (χ1v) is 5.40. The fourth-order valence-electron chi connectivity index (χ4n) is 1.12. The monoisotopic (exact) mass is 225 g/mol. The van der Waals surface area contributed by atoms with Gasteiger partial charge in [-0.1, -0.05) is 0 Å². The van der Waals surface area contributed by atoms with Crippen LogP contribution in [0, 0.1) is 0 Å². The van der Waals surface area contributed by atoms with Gasteiger partial charge < -0.3 is 15.5 Å². The van der Waals surface area contributed by atoms with Gasteiger partial charge in [0.25, 0.3) is 0 Å². The van der Waals surface area contributed by atoms with Gasteiger partial charge in [-0.15, -0.1) is 11.3 Å². The first kappa shape index (κ1) is 10.3. The van der Waals surface area contributed by atoms with E-state index in [4.69, 9.17) is 10.2 Å². The highest BCUT2D eigenvalue weighted by Gasteiger charge is 2.04. The minimum absolute atomic E-state index is 0.242. The predicted molar refractivity (Wildman–Crippen MR) is 59.0 cm³/mol. The standard InChI is InChI=1S/C9H11N3O2S/c13-5-6(14)3-10-9-11-4-8-7(12-9)1-2-15-8/h1-2,4,6,13-14H,3,5H2,(H,10,11,12). The zero-order valence-corrected chi connectivity index (χ0v) is 8.74. The average molecular weight is 225 g/mol. The van der Waals surface area contributed by atoms with Crippen LogP contribution in [-0.4, -0.2) is 39.4 Å². The van der Waals surface area contributed by atoms with Crippen molar-refractivity contribution in [3.05, 3.63) is 17.6 Å². The van der Waals surface area contributed by atoms with Crippen LogP contribution < -0.4 is 5.32 Å². The Balaban J connectivity index is 2.08. The van der Waals surface area contributed by atoms with Gasteiger partial charge in [-0.2, -0.15) is 0 Å². The third-order valence-corrected chi connectivity index (χ3v) is 2.75. The molecule has 1 unspecified atom stereocenters. The Labute approximate surface area is 90.4 Å². The minimum Gasteiger partial charge on any atom is -0.394 e. The summed E-state index contributed by atoms with van der Waals surface area (Å²) in [4.78, 5) is 8.32. The van der Waals surface area contributed by atoms with Crippen LogP contribution in [0.15, 0.2) is 17.6 Å². The molecule has 5 nitrogen and oxygen atoms in total. The van der Waals surface area contributed by atoms with E-state index in [1.54, 1.807) is 17.5 Å². The summed E-state index contributed by atoms with van der Waals surface area (Å²) in [5.41, 5.74) is 0.885. The highest BCUT2D eigenvalue weighted by atomic mass is 32.1. The average Bonchev–Trinajstić information content (AvgIpc) is 2.72. The largest absolute Gasteiger partial charge is 0.394 e. The van der Waals surface area contributed by atoms with Crippen LogP contribution in [0.5, 0.6) is 0 Å². The third kappa shape index (κ3) is 2.41. The zero-order valence-electron chi connectivity index (χ0n) is 7.92. The number of aliphatic hydroxyl groups is 2. The molecule has 0 radical (unpaired) electrons. The van der Waals surface area contributed by atoms with Gasteiger partial charge in [0.2, 0.25) is 5.95 Å². The minimum atomic E-state index is -0.785. The number of rotatable bonds is 4. The molecular weight excluding hydrogens is 214 g/mol. The van der Waals surface area contributed by atoms with Crippen LogP contribution in [0.4, 0.5) is 5.95 Å². The van der Waals surface area contributed by atoms with Gasteiger partial charge >= 0.3 is 0 Å². The highest BCUT2D eigenvalue weighted by molar-refractivity contribution is 7.17. The topological polar surface area (TPSA) is 78.3 Å². The quantitative estimate of drug-likeness (QED) is 0.704. The Kier molecular flexibility index (Phi) is 3.10. The lowest BCUT2D eigenvalue weighted by atomic mass is 10.4. The molecule has 1 atom stereocenters. The molecular formula is C9H11N3O2S. The van der Waals surface area contributed by atoms with E-state index in [9.17, 15) is 0 Å². The number of thiophene rings is 1. The fourth-order valence-corrected chi connectivity index (χ4v) is 1.82. The molecule has 0 bridgehead atoms. The van der Waals surface area contributed by atoms with Gasteiger partial charge in [-0.25, -0.2) is 9.97 Å². The maximum Gasteiger partial charge on any atom is 0.223 e. The van der Waals surface area contributed by atoms with Crippen molar-refractivity contribution in [1.82, 2.24) is 9.97 Å². The van der Waals surface area contributed by atoms with Gasteiger partial charge in [-0.05, 0) is 11.4 Å². The summed E-state index contributed by atoms with van der Waals surface area (Å²) >= 11 is 1.58. The number of aliphatic hydroxyl groups excluding tert-OH is 2. The number of fused-ring (bicyclic) bond motifs is 1. The van der Waals surface area contributed by atoms with Crippen molar-refractivity contribution in [3.63, 3.8) is 0 Å². The van der Waals surface area contributed by atoms with Gasteiger partial charge in [0, 0.05) is 6.54 Å². The molecule has 2 aromatic rings. The molecule has 0 aliphatic carbocycles. The zero-order chi connectivity index (χ0) is 10.7. The highest BCUT2D eigenvalue weighted by Crippen LogP contribution is 2.18. The molecule has 0 amide bonds. The lowest BCUT2D eigenvalue weighted by Gasteiger charge is -2.08. The van der Waals surface area contributed by atoms with Crippen LogP contribution in [0.25, 0.3) is 10.2 Å². The molecule has 2 rings (SSSR count). The van der Waals surface area contributed by atoms with E-state index in [0.717, 1.165) is 10.2 Å². The summed E-state index contributed by atoms with van der Waals surface area (Å²) in [7, 11) is 0. The third-order valence-electron chi connectivity index (χ3n) is 1.91. The molecule has 3 N–H and O–H groups in total. The summed E-state index contributed by atoms with van der Waals surface area (Å²) in [6.07, 6.45) is 0.951. The maximum absolute atomic E-state index is 9.13. The van der Waals surface area contributed by atoms with Crippen molar-refractivity contribution >= 4 is 27.5 Å². The fraction of sp³-hybridized carbons (Fsp3) is 0.333. The van der Waals surface area contributed by atoms with Crippen molar-refractivity contribution in [2.24, 2.45) is 0 Å². The van der Waals surface area contributed by atoms with E-state index in [0.29, 0.717) is 5.95 Å². The van der Waals surface area contributed by atoms with E-state index in [1.165, 1.54) is 0 Å². The number of nitrogens with zero attached hydrogens (tertiary/aromatic N) is 2. The predicted octanol–water partition coefficient (Wildman–Crippen LogP) is 0.456. The Morgan fingerprint density at radius 2 is 2.40 bits per heavy atom. The normalized spacial score (nSPS) is 12.9. The van der Waals surface area contributed by atoms with Crippen molar-refractivity contribution < 1.29 is 10.2 Å². The summed E-state index contributed by atoms with van der Waals surface area (Å²) < 4.78 is 1.03. The summed E-state index contributed by atoms with van der Waals surface area (Å²) in [6.45, 7) is -0.0279. The smallest absolute Gasteiger partial charge is 0.223 e. The molecule has 2 heterocycles. The number of aromatic nitrogens is 2. The lowest BCUT2D eigenvalue weighted by molar-refractivity contribution is 0.105. The van der Waals surface area contributed by atoms with Crippen LogP contribution in [0.1, 0.15) is 0 Å². The molecule has 0 saturated carbocycles. The molecule has 2 aromatic heterocycles. The molecule has 0 spiro atoms. The summed E-state index contributed by atoms with van der Waals surface area (Å²) in [5, 5.41) is 22.5. The second-order valence-corrected chi connectivity index (χ2v) is 4.03. The summed E-state index contributed by atoms with van der Waals surface area (Å²) in [6, 6.07) is 1.91. The molecule has 0 aromatic carbocycles. The van der Waals surface area contributed by atoms with E-state index in [2.05, 4.69) is 15.3 Å². The van der Waals surface area contributed by atoms with Gasteiger partial charge in [0.15, 0.2) is 0 Å². The van der Waals surface area contributed by atoms with Crippen LogP contribution in [0.3, 0.4) is 0 Å². The van der Waals surface area contributed by atoms with Crippen molar-refractivity contribution in [2.75, 3.05) is 18.5 Å². The first-order valence-electron chi connectivity index (χ1n) is 4.52. The number of hydrogen-bond acceptors (Lipinski definition) is 6. The SMILES string of the molecule is OCC(O)CNc1ncc2sccc2n1. The Bertz CT molecular complexity index is 446. The molecule has 0 aliphatic heterocycles. The van der Waals surface area contributed by atoms with Gasteiger partial charge in [-0.3, -0.25) is 0 Å². The van der Waals surface area contributed by atoms with Gasteiger partial charge in [0.05, 0.1) is 29.1 Å². The van der Waals surface area contributed by atoms with Gasteiger partial charge in [0.1, 0.15) is 0 Å². The molecule has 0 aliphatic rings. The number of hydrogen-bond donors (Lipinski definition) is 3. The van der Waals surface area contributed by atoms with Crippen molar-refractivity contribution in [1.29, 1.82) is 0 Å². The lowest BCUT2D eigenvalue weighted by Crippen LogP contribution is -2.23. The van der Waals surface area contributed by atoms with E-state index in [1.807, 2.05) is 11.4 Å². The second-order valence-electron chi connectivity index (χ2n) is 3.08. The number of anilines is 1. The second kappa shape index (κ2) is 4.52. The van der Waals surface area contributed by atoms with E-state index < -0.39 is 6.10 Å². The van der Waals surface area contributed by atoms with E-state index in [-0.39, 0.29) is 13.2 Å². The maximum atomic E-state index is 9.13. The Morgan fingerprint density at radius 3 is 3.20 bits per heavy atom. The Morgan fingerprint density at radius 1 is 1.53 bits per heavy atom. The molecule has 15 heavy (non-hydrogen) atoms. The van der Waals surface area contributed by atoms with Crippen molar-refractivity contribution in [2.45, 2.75) is 6.10 Å². The van der Waals surface area contributed by atoms with E-state index >= 15 is 0 Å². The number of nitrogens with one attached hydrogen (secondary N) is 1. The van der Waals surface area contributed by atoms with Crippen molar-refractivity contribution in [3.8, 4) is 0 Å². The first-order chi connectivity index (χ1) is 7.29.